The van der Waals surface area contributed by atoms with Crippen molar-refractivity contribution in [2.45, 2.75) is 64.3 Å². The van der Waals surface area contributed by atoms with Gasteiger partial charge in [0.05, 0.1) is 13.2 Å². The molecule has 158 valence electrons. The van der Waals surface area contributed by atoms with E-state index in [4.69, 9.17) is 4.74 Å². The summed E-state index contributed by atoms with van der Waals surface area (Å²) in [6.45, 7) is 13.8. The van der Waals surface area contributed by atoms with E-state index in [1.165, 1.54) is 51.5 Å². The van der Waals surface area contributed by atoms with Crippen molar-refractivity contribution >= 4 is 5.96 Å². The molecule has 1 aliphatic carbocycles. The Hall–Kier alpha value is -0.850. The summed E-state index contributed by atoms with van der Waals surface area (Å²) in [5, 5.41) is 7.16. The monoisotopic (exact) mass is 381 g/mol. The van der Waals surface area contributed by atoms with E-state index in [-0.39, 0.29) is 5.54 Å². The van der Waals surface area contributed by atoms with Crippen molar-refractivity contribution in [3.8, 4) is 0 Å². The molecule has 0 atom stereocenters. The number of nitrogens with zero attached hydrogens (tertiary/aromatic N) is 3. The fraction of sp³-hybridized carbons (Fsp3) is 0.952. The van der Waals surface area contributed by atoms with Crippen molar-refractivity contribution in [2.75, 3.05) is 66.1 Å². The number of hydrogen-bond donors (Lipinski definition) is 2. The minimum Gasteiger partial charge on any atom is -0.379 e. The second kappa shape index (κ2) is 12.6. The fourth-order valence-electron chi connectivity index (χ4n) is 4.53. The summed E-state index contributed by atoms with van der Waals surface area (Å²) in [5.41, 5.74) is 0.280. The van der Waals surface area contributed by atoms with Gasteiger partial charge in [-0.25, -0.2) is 0 Å². The van der Waals surface area contributed by atoms with Gasteiger partial charge >= 0.3 is 0 Å². The van der Waals surface area contributed by atoms with Crippen LogP contribution in [0.5, 0.6) is 0 Å². The second-order valence-electron chi connectivity index (χ2n) is 7.97. The van der Waals surface area contributed by atoms with Gasteiger partial charge in [-0.3, -0.25) is 9.89 Å². The number of hydrogen-bond acceptors (Lipinski definition) is 4. The highest BCUT2D eigenvalue weighted by molar-refractivity contribution is 5.79. The number of rotatable bonds is 10. The average Bonchev–Trinajstić information content (AvgIpc) is 2.74. The Morgan fingerprint density at radius 2 is 1.74 bits per heavy atom. The molecule has 27 heavy (non-hydrogen) atoms. The Bertz CT molecular complexity index is 413. The van der Waals surface area contributed by atoms with Gasteiger partial charge in [0, 0.05) is 38.8 Å². The quantitative estimate of drug-likeness (QED) is 0.345. The Morgan fingerprint density at radius 3 is 2.37 bits per heavy atom. The Kier molecular flexibility index (Phi) is 10.5. The van der Waals surface area contributed by atoms with Crippen molar-refractivity contribution in [3.05, 3.63) is 0 Å². The lowest BCUT2D eigenvalue weighted by molar-refractivity contribution is -0.0352. The van der Waals surface area contributed by atoms with Crippen LogP contribution in [0.1, 0.15) is 58.8 Å². The minimum atomic E-state index is 0.280. The topological polar surface area (TPSA) is 52.1 Å². The molecule has 1 saturated heterocycles. The van der Waals surface area contributed by atoms with Gasteiger partial charge < -0.3 is 20.3 Å². The number of nitrogens with one attached hydrogen (secondary N) is 2. The molecule has 2 fully saturated rings. The molecule has 0 aromatic carbocycles. The van der Waals surface area contributed by atoms with Crippen LogP contribution in [0.2, 0.25) is 0 Å². The highest BCUT2D eigenvalue weighted by atomic mass is 16.5. The molecular formula is C21H43N5O. The third-order valence-corrected chi connectivity index (χ3v) is 6.36. The van der Waals surface area contributed by atoms with Crippen molar-refractivity contribution in [3.63, 3.8) is 0 Å². The van der Waals surface area contributed by atoms with Gasteiger partial charge in [0.2, 0.25) is 0 Å². The predicted octanol–water partition coefficient (Wildman–Crippen LogP) is 2.31. The molecule has 1 aliphatic heterocycles. The molecule has 0 radical (unpaired) electrons. The first-order valence-corrected chi connectivity index (χ1v) is 11.2. The van der Waals surface area contributed by atoms with Gasteiger partial charge in [0.1, 0.15) is 0 Å². The summed E-state index contributed by atoms with van der Waals surface area (Å²) in [7, 11) is 1.88. The van der Waals surface area contributed by atoms with E-state index in [1.807, 2.05) is 7.05 Å². The third kappa shape index (κ3) is 7.24. The zero-order chi connectivity index (χ0) is 19.4. The predicted molar refractivity (Wildman–Crippen MR) is 115 cm³/mol. The molecule has 6 heteroatoms. The largest absolute Gasteiger partial charge is 0.379 e. The van der Waals surface area contributed by atoms with Crippen LogP contribution in [-0.2, 0) is 4.74 Å². The molecule has 0 unspecified atom stereocenters. The van der Waals surface area contributed by atoms with Gasteiger partial charge in [0.25, 0.3) is 0 Å². The van der Waals surface area contributed by atoms with Crippen LogP contribution in [-0.4, -0.2) is 87.4 Å². The van der Waals surface area contributed by atoms with Crippen LogP contribution in [0.3, 0.4) is 0 Å². The van der Waals surface area contributed by atoms with Crippen molar-refractivity contribution in [2.24, 2.45) is 4.99 Å². The zero-order valence-electron chi connectivity index (χ0n) is 18.1. The minimum absolute atomic E-state index is 0.280. The molecule has 1 saturated carbocycles. The smallest absolute Gasteiger partial charge is 0.191 e. The molecule has 0 bridgehead atoms. The first kappa shape index (κ1) is 22.4. The number of guanidine groups is 1. The lowest BCUT2D eigenvalue weighted by atomic mass is 9.80. The van der Waals surface area contributed by atoms with Crippen LogP contribution < -0.4 is 10.6 Å². The van der Waals surface area contributed by atoms with E-state index >= 15 is 0 Å². The standard InChI is InChI=1S/C21H43N5O/c1-4-25(5-2)14-10-9-13-23-20(22-3)24-19-21(11-7-6-8-12-21)26-15-17-27-18-16-26/h4-19H2,1-3H3,(H2,22,23,24). The zero-order valence-corrected chi connectivity index (χ0v) is 18.1. The van der Waals surface area contributed by atoms with Gasteiger partial charge in [-0.2, -0.15) is 0 Å². The van der Waals surface area contributed by atoms with E-state index in [2.05, 4.69) is 39.3 Å². The maximum absolute atomic E-state index is 5.59. The molecule has 2 aliphatic rings. The Labute approximate surface area is 167 Å². The lowest BCUT2D eigenvalue weighted by Crippen LogP contribution is -2.60. The summed E-state index contributed by atoms with van der Waals surface area (Å²) in [6, 6.07) is 0. The van der Waals surface area contributed by atoms with E-state index in [9.17, 15) is 0 Å². The van der Waals surface area contributed by atoms with Crippen LogP contribution in [0, 0.1) is 0 Å². The first-order chi connectivity index (χ1) is 13.2. The SMILES string of the molecule is CCN(CC)CCCCNC(=NC)NCC1(N2CCOCC2)CCCCC1. The second-order valence-corrected chi connectivity index (χ2v) is 7.97. The molecule has 6 nitrogen and oxygen atoms in total. The summed E-state index contributed by atoms with van der Waals surface area (Å²) in [6.07, 6.45) is 9.08. The number of morpholine rings is 1. The third-order valence-electron chi connectivity index (χ3n) is 6.36. The Morgan fingerprint density at radius 1 is 1.04 bits per heavy atom. The van der Waals surface area contributed by atoms with Crippen LogP contribution in [0.25, 0.3) is 0 Å². The average molecular weight is 382 g/mol. The molecule has 2 N–H and O–H groups in total. The fourth-order valence-corrected chi connectivity index (χ4v) is 4.53. The van der Waals surface area contributed by atoms with Crippen LogP contribution in [0.4, 0.5) is 0 Å². The van der Waals surface area contributed by atoms with Crippen molar-refractivity contribution < 1.29 is 4.74 Å². The van der Waals surface area contributed by atoms with Crippen molar-refractivity contribution in [1.82, 2.24) is 20.4 Å². The summed E-state index contributed by atoms with van der Waals surface area (Å²) < 4.78 is 5.59. The normalized spacial score (nSPS) is 21.4. The van der Waals surface area contributed by atoms with Gasteiger partial charge in [-0.1, -0.05) is 33.1 Å². The lowest BCUT2D eigenvalue weighted by Gasteiger charge is -2.48. The summed E-state index contributed by atoms with van der Waals surface area (Å²) >= 11 is 0. The number of ether oxygens (including phenoxy) is 1. The summed E-state index contributed by atoms with van der Waals surface area (Å²) in [5.74, 6) is 0.955. The van der Waals surface area contributed by atoms with E-state index < -0.39 is 0 Å². The highest BCUT2D eigenvalue weighted by Crippen LogP contribution is 2.33. The summed E-state index contributed by atoms with van der Waals surface area (Å²) in [4.78, 5) is 9.62. The van der Waals surface area contributed by atoms with Gasteiger partial charge in [-0.05, 0) is 45.3 Å². The molecule has 0 spiro atoms. The van der Waals surface area contributed by atoms with E-state index in [1.54, 1.807) is 0 Å². The van der Waals surface area contributed by atoms with Gasteiger partial charge in [-0.15, -0.1) is 0 Å². The maximum atomic E-state index is 5.59. The Balaban J connectivity index is 1.75. The number of aliphatic imine (C=N–C) groups is 1. The molecule has 1 heterocycles. The van der Waals surface area contributed by atoms with Crippen LogP contribution >= 0.6 is 0 Å². The van der Waals surface area contributed by atoms with E-state index in [0.29, 0.717) is 0 Å². The highest BCUT2D eigenvalue weighted by Gasteiger charge is 2.38. The first-order valence-electron chi connectivity index (χ1n) is 11.2. The molecule has 2 rings (SSSR count). The van der Waals surface area contributed by atoms with Crippen molar-refractivity contribution in [1.29, 1.82) is 0 Å². The molecule has 0 aromatic rings. The molecule has 0 aromatic heterocycles. The maximum Gasteiger partial charge on any atom is 0.191 e. The number of unbranched alkanes of at least 4 members (excludes halogenated alkanes) is 1. The van der Waals surface area contributed by atoms with Gasteiger partial charge in [0.15, 0.2) is 5.96 Å². The van der Waals surface area contributed by atoms with Crippen LogP contribution in [0.15, 0.2) is 4.99 Å². The molecular weight excluding hydrogens is 338 g/mol. The van der Waals surface area contributed by atoms with E-state index in [0.717, 1.165) is 58.4 Å². The molecule has 0 amide bonds.